The fourth-order valence-corrected chi connectivity index (χ4v) is 4.74. The summed E-state index contributed by atoms with van der Waals surface area (Å²) in [6.07, 6.45) is 4.65. The maximum atomic E-state index is 13.1. The average molecular weight is 364 g/mol. The molecule has 0 saturated carbocycles. The van der Waals surface area contributed by atoms with Gasteiger partial charge in [0, 0.05) is 37.3 Å². The van der Waals surface area contributed by atoms with E-state index in [1.54, 1.807) is 0 Å². The first-order valence-corrected chi connectivity index (χ1v) is 9.56. The third-order valence-electron chi connectivity index (χ3n) is 6.31. The summed E-state index contributed by atoms with van der Waals surface area (Å²) in [5.74, 6) is 0.962. The van der Waals surface area contributed by atoms with E-state index in [0.717, 1.165) is 61.3 Å². The molecule has 0 radical (unpaired) electrons. The second-order valence-corrected chi connectivity index (χ2v) is 7.78. The van der Waals surface area contributed by atoms with Gasteiger partial charge in [0.2, 0.25) is 0 Å². The van der Waals surface area contributed by atoms with Gasteiger partial charge in [0.1, 0.15) is 5.82 Å². The number of amides is 1. The van der Waals surface area contributed by atoms with Crippen LogP contribution in [-0.4, -0.2) is 62.3 Å². The molecule has 0 bridgehead atoms. The zero-order valence-electron chi connectivity index (χ0n) is 15.7. The van der Waals surface area contributed by atoms with Gasteiger partial charge >= 0.3 is 0 Å². The summed E-state index contributed by atoms with van der Waals surface area (Å²) in [4.78, 5) is 33.0. The first kappa shape index (κ1) is 16.5. The summed E-state index contributed by atoms with van der Waals surface area (Å²) >= 11 is 0. The van der Waals surface area contributed by atoms with Crippen LogP contribution in [-0.2, 0) is 12.0 Å². The fraction of sp³-hybridized carbons (Fsp3) is 0.450. The van der Waals surface area contributed by atoms with Crippen molar-refractivity contribution in [2.24, 2.45) is 0 Å². The molecule has 3 aromatic rings. The Morgan fingerprint density at radius 2 is 2.04 bits per heavy atom. The summed E-state index contributed by atoms with van der Waals surface area (Å²) in [5.41, 5.74) is 4.93. The summed E-state index contributed by atoms with van der Waals surface area (Å²) in [6, 6.07) is 5.72. The number of aromatic nitrogens is 4. The number of likely N-dealkylation sites (tertiary alicyclic amines) is 1. The van der Waals surface area contributed by atoms with E-state index in [2.05, 4.69) is 31.9 Å². The summed E-state index contributed by atoms with van der Waals surface area (Å²) < 4.78 is 0. The van der Waals surface area contributed by atoms with Crippen molar-refractivity contribution in [3.63, 3.8) is 0 Å². The van der Waals surface area contributed by atoms with Crippen molar-refractivity contribution in [2.75, 3.05) is 26.7 Å². The van der Waals surface area contributed by atoms with Gasteiger partial charge in [-0.1, -0.05) is 0 Å². The molecule has 7 heteroatoms. The Kier molecular flexibility index (Phi) is 3.62. The molecule has 0 unspecified atom stereocenters. The number of nitrogens with one attached hydrogen (secondary N) is 2. The van der Waals surface area contributed by atoms with Crippen LogP contribution in [0, 0.1) is 6.92 Å². The van der Waals surface area contributed by atoms with E-state index in [1.807, 2.05) is 36.4 Å². The second kappa shape index (κ2) is 5.92. The largest absolute Gasteiger partial charge is 0.348 e. The highest BCUT2D eigenvalue weighted by molar-refractivity contribution is 5.97. The smallest absolute Gasteiger partial charge is 0.253 e. The van der Waals surface area contributed by atoms with Crippen molar-refractivity contribution in [2.45, 2.75) is 31.7 Å². The van der Waals surface area contributed by atoms with Crippen molar-refractivity contribution >= 4 is 16.9 Å². The molecular weight excluding hydrogens is 340 g/mol. The predicted molar refractivity (Wildman–Crippen MR) is 103 cm³/mol. The normalized spacial score (nSPS) is 19.6. The molecule has 1 amide bonds. The minimum Gasteiger partial charge on any atom is -0.348 e. The lowest BCUT2D eigenvalue weighted by Gasteiger charge is -2.49. The number of aromatic amines is 2. The van der Waals surface area contributed by atoms with Crippen LogP contribution in [0.25, 0.3) is 11.0 Å². The van der Waals surface area contributed by atoms with E-state index in [9.17, 15) is 4.79 Å². The van der Waals surface area contributed by atoms with E-state index in [0.29, 0.717) is 0 Å². The summed E-state index contributed by atoms with van der Waals surface area (Å²) in [5, 5.41) is 0. The molecule has 27 heavy (non-hydrogen) atoms. The fourth-order valence-electron chi connectivity index (χ4n) is 4.74. The molecule has 2 aliphatic heterocycles. The van der Waals surface area contributed by atoms with Crippen molar-refractivity contribution in [1.82, 2.24) is 29.7 Å². The van der Waals surface area contributed by atoms with Crippen LogP contribution in [0.5, 0.6) is 0 Å². The minimum atomic E-state index is -0.0468. The number of imidazole rings is 2. The molecule has 2 aliphatic rings. The number of hydrogen-bond donors (Lipinski definition) is 2. The molecule has 1 saturated heterocycles. The lowest BCUT2D eigenvalue weighted by Crippen LogP contribution is -2.55. The van der Waals surface area contributed by atoms with E-state index >= 15 is 0 Å². The van der Waals surface area contributed by atoms with E-state index in [4.69, 9.17) is 0 Å². The van der Waals surface area contributed by atoms with Gasteiger partial charge in [-0.15, -0.1) is 0 Å². The van der Waals surface area contributed by atoms with E-state index < -0.39 is 0 Å². The number of piperidine rings is 1. The maximum absolute atomic E-state index is 13.1. The topological polar surface area (TPSA) is 80.9 Å². The molecule has 2 aromatic heterocycles. The highest BCUT2D eigenvalue weighted by Crippen LogP contribution is 2.41. The number of carbonyl (C=O) groups is 1. The number of benzene rings is 1. The van der Waals surface area contributed by atoms with Crippen LogP contribution in [0.15, 0.2) is 24.5 Å². The third kappa shape index (κ3) is 2.49. The Hall–Kier alpha value is -2.67. The Labute approximate surface area is 157 Å². The number of hydrogen-bond acceptors (Lipinski definition) is 4. The van der Waals surface area contributed by atoms with E-state index in [1.165, 1.54) is 11.4 Å². The number of aryl methyl sites for hydroxylation is 1. The minimum absolute atomic E-state index is 0.0468. The standard InChI is InChI=1S/C20H24N6O/c1-13-23-15-4-3-14(11-17(15)24-13)19(27)26-9-6-20(7-10-26)18-16(21-12-22-18)5-8-25(20)2/h3-4,11-12H,5-10H2,1-2H3,(H,21,22)(H,23,24). The first-order chi connectivity index (χ1) is 13.1. The zero-order chi connectivity index (χ0) is 18.6. The van der Waals surface area contributed by atoms with Gasteiger partial charge in [0.25, 0.3) is 5.91 Å². The molecule has 1 fully saturated rings. The number of carbonyl (C=O) groups excluding carboxylic acids is 1. The number of likely N-dealkylation sites (N-methyl/N-ethyl adjacent to an activating group) is 1. The summed E-state index contributed by atoms with van der Waals surface area (Å²) in [7, 11) is 2.18. The van der Waals surface area contributed by atoms with Gasteiger partial charge < -0.3 is 14.9 Å². The number of fused-ring (bicyclic) bond motifs is 3. The molecular formula is C20H24N6O. The number of H-pyrrole nitrogens is 2. The summed E-state index contributed by atoms with van der Waals surface area (Å²) in [6.45, 7) is 4.44. The van der Waals surface area contributed by atoms with Crippen LogP contribution >= 0.6 is 0 Å². The highest BCUT2D eigenvalue weighted by Gasteiger charge is 2.45. The Morgan fingerprint density at radius 1 is 1.22 bits per heavy atom. The molecule has 5 rings (SSSR count). The van der Waals surface area contributed by atoms with Gasteiger partial charge in [-0.3, -0.25) is 9.69 Å². The van der Waals surface area contributed by atoms with Gasteiger partial charge in [0.05, 0.1) is 28.6 Å². The maximum Gasteiger partial charge on any atom is 0.253 e. The Bertz CT molecular complexity index is 1010. The SMILES string of the molecule is Cc1nc2ccc(C(=O)N3CCC4(CC3)c3nc[nH]c3CCN4C)cc2[nH]1. The van der Waals surface area contributed by atoms with E-state index in [-0.39, 0.29) is 11.4 Å². The van der Waals surface area contributed by atoms with Gasteiger partial charge in [-0.05, 0) is 45.0 Å². The second-order valence-electron chi connectivity index (χ2n) is 7.78. The molecule has 7 nitrogen and oxygen atoms in total. The van der Waals surface area contributed by atoms with Crippen LogP contribution in [0.4, 0.5) is 0 Å². The monoisotopic (exact) mass is 364 g/mol. The molecule has 140 valence electrons. The zero-order valence-corrected chi connectivity index (χ0v) is 15.7. The lowest BCUT2D eigenvalue weighted by molar-refractivity contribution is 0.0226. The molecule has 4 heterocycles. The quantitative estimate of drug-likeness (QED) is 0.694. The molecule has 2 N–H and O–H groups in total. The highest BCUT2D eigenvalue weighted by atomic mass is 16.2. The van der Waals surface area contributed by atoms with Crippen molar-refractivity contribution in [3.8, 4) is 0 Å². The third-order valence-corrected chi connectivity index (χ3v) is 6.31. The average Bonchev–Trinajstić information content (AvgIpc) is 3.30. The first-order valence-electron chi connectivity index (χ1n) is 9.56. The van der Waals surface area contributed by atoms with Crippen LogP contribution in [0.3, 0.4) is 0 Å². The Morgan fingerprint density at radius 3 is 2.85 bits per heavy atom. The Balaban J connectivity index is 1.38. The van der Waals surface area contributed by atoms with Crippen molar-refractivity contribution < 1.29 is 4.79 Å². The molecule has 0 aliphatic carbocycles. The van der Waals surface area contributed by atoms with Crippen molar-refractivity contribution in [1.29, 1.82) is 0 Å². The molecule has 0 atom stereocenters. The van der Waals surface area contributed by atoms with Crippen molar-refractivity contribution in [3.05, 3.63) is 47.3 Å². The number of nitrogens with zero attached hydrogens (tertiary/aromatic N) is 4. The molecule has 1 spiro atoms. The van der Waals surface area contributed by atoms with Crippen LogP contribution in [0.1, 0.15) is 40.4 Å². The predicted octanol–water partition coefficient (Wildman–Crippen LogP) is 2.21. The van der Waals surface area contributed by atoms with Crippen LogP contribution < -0.4 is 0 Å². The number of rotatable bonds is 1. The lowest BCUT2D eigenvalue weighted by atomic mass is 9.79. The van der Waals surface area contributed by atoms with Gasteiger partial charge in [0.15, 0.2) is 0 Å². The van der Waals surface area contributed by atoms with Gasteiger partial charge in [-0.2, -0.15) is 0 Å². The van der Waals surface area contributed by atoms with Crippen LogP contribution in [0.2, 0.25) is 0 Å². The van der Waals surface area contributed by atoms with Gasteiger partial charge in [-0.25, -0.2) is 9.97 Å². The molecule has 1 aromatic carbocycles.